The lowest BCUT2D eigenvalue weighted by atomic mass is 10.0. The molecule has 1 amide bonds. The molecule has 2 rings (SSSR count). The number of carbonyl (C=O) groups excluding carboxylic acids is 1. The lowest BCUT2D eigenvalue weighted by Gasteiger charge is -2.18. The van der Waals surface area contributed by atoms with E-state index in [0.29, 0.717) is 27.8 Å². The molecule has 0 aliphatic carbocycles. The third-order valence-electron chi connectivity index (χ3n) is 4.02. The Hall–Kier alpha value is -2.83. The Morgan fingerprint density at radius 2 is 2.00 bits per heavy atom. The molecule has 7 heteroatoms. The molecule has 1 atom stereocenters. The van der Waals surface area contributed by atoms with Gasteiger partial charge in [0.2, 0.25) is 5.91 Å². The number of amides is 1. The standard InChI is InChI=1S/C18H21NO6/c1-9(2)16(18(22)23)19-14(20)7-11-8-15(21)25-17-10(3)13(24-4)6-5-12(11)17/h5-6,8-9,16H,7H2,1-4H3,(H,19,20)(H,22,23). The number of nitrogens with one attached hydrogen (secondary N) is 1. The molecular formula is C18H21NO6. The van der Waals surface area contributed by atoms with Gasteiger partial charge in [0, 0.05) is 17.0 Å². The van der Waals surface area contributed by atoms with E-state index in [2.05, 4.69) is 5.32 Å². The van der Waals surface area contributed by atoms with Gasteiger partial charge < -0.3 is 19.6 Å². The molecule has 0 spiro atoms. The van der Waals surface area contributed by atoms with Crippen LogP contribution in [-0.2, 0) is 16.0 Å². The zero-order valence-corrected chi connectivity index (χ0v) is 14.6. The van der Waals surface area contributed by atoms with Crippen LogP contribution in [0, 0.1) is 12.8 Å². The SMILES string of the molecule is COc1ccc2c(CC(=O)NC(C(=O)O)C(C)C)cc(=O)oc2c1C. The molecule has 0 saturated heterocycles. The van der Waals surface area contributed by atoms with Gasteiger partial charge in [-0.05, 0) is 30.5 Å². The molecule has 1 aromatic carbocycles. The molecule has 25 heavy (non-hydrogen) atoms. The van der Waals surface area contributed by atoms with E-state index in [4.69, 9.17) is 9.15 Å². The van der Waals surface area contributed by atoms with Crippen LogP contribution < -0.4 is 15.7 Å². The molecule has 0 radical (unpaired) electrons. The fraction of sp³-hybridized carbons (Fsp3) is 0.389. The minimum atomic E-state index is -1.10. The fourth-order valence-electron chi connectivity index (χ4n) is 2.69. The smallest absolute Gasteiger partial charge is 0.336 e. The fourth-order valence-corrected chi connectivity index (χ4v) is 2.69. The molecule has 0 bridgehead atoms. The summed E-state index contributed by atoms with van der Waals surface area (Å²) >= 11 is 0. The van der Waals surface area contributed by atoms with Gasteiger partial charge in [0.25, 0.3) is 0 Å². The lowest BCUT2D eigenvalue weighted by molar-refractivity contribution is -0.143. The summed E-state index contributed by atoms with van der Waals surface area (Å²) in [5.74, 6) is -1.25. The van der Waals surface area contributed by atoms with Crippen molar-refractivity contribution in [1.82, 2.24) is 5.32 Å². The van der Waals surface area contributed by atoms with E-state index < -0.39 is 23.5 Å². The van der Waals surface area contributed by atoms with Crippen LogP contribution in [0.2, 0.25) is 0 Å². The van der Waals surface area contributed by atoms with Crippen molar-refractivity contribution in [3.63, 3.8) is 0 Å². The van der Waals surface area contributed by atoms with Crippen LogP contribution in [0.4, 0.5) is 0 Å². The number of methoxy groups -OCH3 is 1. The molecule has 1 aromatic heterocycles. The molecule has 2 aromatic rings. The molecule has 2 N–H and O–H groups in total. The summed E-state index contributed by atoms with van der Waals surface area (Å²) in [5, 5.41) is 12.3. The second-order valence-electron chi connectivity index (χ2n) is 6.16. The van der Waals surface area contributed by atoms with Gasteiger partial charge in [-0.3, -0.25) is 4.79 Å². The normalized spacial score (nSPS) is 12.2. The number of hydrogen-bond acceptors (Lipinski definition) is 5. The van der Waals surface area contributed by atoms with Crippen molar-refractivity contribution in [3.05, 3.63) is 39.7 Å². The summed E-state index contributed by atoms with van der Waals surface area (Å²) in [7, 11) is 1.52. The minimum Gasteiger partial charge on any atom is -0.496 e. The first-order chi connectivity index (χ1) is 11.7. The lowest BCUT2D eigenvalue weighted by Crippen LogP contribution is -2.44. The zero-order chi connectivity index (χ0) is 18.7. The predicted octanol–water partition coefficient (Wildman–Crippen LogP) is 1.88. The van der Waals surface area contributed by atoms with Crippen molar-refractivity contribution < 1.29 is 23.8 Å². The van der Waals surface area contributed by atoms with Gasteiger partial charge in [-0.2, -0.15) is 0 Å². The minimum absolute atomic E-state index is 0.121. The Morgan fingerprint density at radius 1 is 1.32 bits per heavy atom. The predicted molar refractivity (Wildman–Crippen MR) is 91.9 cm³/mol. The zero-order valence-electron chi connectivity index (χ0n) is 14.6. The van der Waals surface area contributed by atoms with Crippen LogP contribution in [0.15, 0.2) is 27.4 Å². The van der Waals surface area contributed by atoms with Crippen molar-refractivity contribution in [1.29, 1.82) is 0 Å². The number of carboxylic acids is 1. The monoisotopic (exact) mass is 347 g/mol. The first-order valence-electron chi connectivity index (χ1n) is 7.87. The molecule has 134 valence electrons. The van der Waals surface area contributed by atoms with E-state index in [1.807, 2.05) is 0 Å². The highest BCUT2D eigenvalue weighted by Crippen LogP contribution is 2.28. The van der Waals surface area contributed by atoms with Gasteiger partial charge in [0.15, 0.2) is 0 Å². The van der Waals surface area contributed by atoms with Crippen molar-refractivity contribution in [2.75, 3.05) is 7.11 Å². The van der Waals surface area contributed by atoms with Crippen molar-refractivity contribution in [3.8, 4) is 5.75 Å². The molecule has 1 unspecified atom stereocenters. The number of ether oxygens (including phenoxy) is 1. The number of aryl methyl sites for hydroxylation is 1. The summed E-state index contributed by atoms with van der Waals surface area (Å²) in [6.07, 6.45) is -0.121. The van der Waals surface area contributed by atoms with Crippen LogP contribution in [0.3, 0.4) is 0 Å². The third-order valence-corrected chi connectivity index (χ3v) is 4.02. The average Bonchev–Trinajstić information content (AvgIpc) is 2.53. The van der Waals surface area contributed by atoms with Crippen LogP contribution in [0.5, 0.6) is 5.75 Å². The maximum atomic E-state index is 12.3. The first-order valence-corrected chi connectivity index (χ1v) is 7.87. The van der Waals surface area contributed by atoms with Gasteiger partial charge in [-0.1, -0.05) is 13.8 Å². The molecule has 0 fully saturated rings. The average molecular weight is 347 g/mol. The highest BCUT2D eigenvalue weighted by atomic mass is 16.5. The molecular weight excluding hydrogens is 326 g/mol. The second-order valence-corrected chi connectivity index (χ2v) is 6.16. The number of fused-ring (bicyclic) bond motifs is 1. The highest BCUT2D eigenvalue weighted by molar-refractivity contribution is 5.91. The number of rotatable bonds is 6. The molecule has 0 saturated carbocycles. The number of carboxylic acid groups (broad SMARTS) is 1. The van der Waals surface area contributed by atoms with E-state index in [1.54, 1.807) is 32.9 Å². The van der Waals surface area contributed by atoms with E-state index >= 15 is 0 Å². The summed E-state index contributed by atoms with van der Waals surface area (Å²) in [6.45, 7) is 5.18. The summed E-state index contributed by atoms with van der Waals surface area (Å²) in [6, 6.07) is 3.71. The Bertz CT molecular complexity index is 868. The summed E-state index contributed by atoms with van der Waals surface area (Å²) < 4.78 is 10.5. The first kappa shape index (κ1) is 18.5. The van der Waals surface area contributed by atoms with E-state index in [9.17, 15) is 19.5 Å². The summed E-state index contributed by atoms with van der Waals surface area (Å²) in [4.78, 5) is 35.3. The maximum absolute atomic E-state index is 12.3. The van der Waals surface area contributed by atoms with Gasteiger partial charge in [0.05, 0.1) is 13.5 Å². The molecule has 1 heterocycles. The molecule has 0 aliphatic heterocycles. The quantitative estimate of drug-likeness (QED) is 0.773. The van der Waals surface area contributed by atoms with Crippen LogP contribution >= 0.6 is 0 Å². The summed E-state index contributed by atoms with van der Waals surface area (Å²) in [5.41, 5.74) is 0.908. The molecule has 0 aliphatic rings. The molecule has 7 nitrogen and oxygen atoms in total. The van der Waals surface area contributed by atoms with Crippen LogP contribution in [-0.4, -0.2) is 30.1 Å². The maximum Gasteiger partial charge on any atom is 0.336 e. The van der Waals surface area contributed by atoms with Crippen molar-refractivity contribution >= 4 is 22.8 Å². The number of hydrogen-bond donors (Lipinski definition) is 2. The second kappa shape index (κ2) is 7.38. The Kier molecular flexibility index (Phi) is 5.46. The van der Waals surface area contributed by atoms with Gasteiger partial charge >= 0.3 is 11.6 Å². The number of carbonyl (C=O) groups is 2. The Balaban J connectivity index is 2.38. The third kappa shape index (κ3) is 3.99. The number of aliphatic carboxylic acids is 1. The van der Waals surface area contributed by atoms with Crippen molar-refractivity contribution in [2.45, 2.75) is 33.2 Å². The topological polar surface area (TPSA) is 106 Å². The Labute approximate surface area is 144 Å². The van der Waals surface area contributed by atoms with E-state index in [-0.39, 0.29) is 12.3 Å². The van der Waals surface area contributed by atoms with Crippen LogP contribution in [0.1, 0.15) is 25.0 Å². The van der Waals surface area contributed by atoms with Gasteiger partial charge in [-0.15, -0.1) is 0 Å². The van der Waals surface area contributed by atoms with E-state index in [0.717, 1.165) is 0 Å². The van der Waals surface area contributed by atoms with Gasteiger partial charge in [0.1, 0.15) is 17.4 Å². The largest absolute Gasteiger partial charge is 0.496 e. The highest BCUT2D eigenvalue weighted by Gasteiger charge is 2.24. The Morgan fingerprint density at radius 3 is 2.56 bits per heavy atom. The van der Waals surface area contributed by atoms with Crippen LogP contribution in [0.25, 0.3) is 11.0 Å². The van der Waals surface area contributed by atoms with E-state index in [1.165, 1.54) is 13.2 Å². The number of benzene rings is 1. The van der Waals surface area contributed by atoms with Gasteiger partial charge in [-0.25, -0.2) is 9.59 Å². The van der Waals surface area contributed by atoms with Crippen molar-refractivity contribution in [2.24, 2.45) is 5.92 Å².